The largest absolute Gasteiger partial charge is 0.438 e. The second-order valence-electron chi connectivity index (χ2n) is 6.65. The van der Waals surface area contributed by atoms with Crippen molar-refractivity contribution >= 4 is 17.5 Å². The fraction of sp³-hybridized carbons (Fsp3) is 0.350. The Hall–Kier alpha value is -2.60. The molecule has 0 saturated carbocycles. The number of rotatable bonds is 6. The second-order valence-corrected chi connectivity index (χ2v) is 7.09. The first-order chi connectivity index (χ1) is 12.8. The normalized spacial score (nSPS) is 12.2. The summed E-state index contributed by atoms with van der Waals surface area (Å²) < 4.78 is 11.0. The van der Waals surface area contributed by atoms with Crippen molar-refractivity contribution in [3.63, 3.8) is 0 Å². The van der Waals surface area contributed by atoms with Crippen LogP contribution in [0.3, 0.4) is 0 Å². The summed E-state index contributed by atoms with van der Waals surface area (Å²) in [7, 11) is 0. The number of nitrogens with one attached hydrogen (secondary N) is 1. The Morgan fingerprint density at radius 1 is 1.19 bits per heavy atom. The molecule has 1 unspecified atom stereocenters. The number of benzene rings is 1. The van der Waals surface area contributed by atoms with E-state index in [1.165, 1.54) is 0 Å². The number of carbonyl (C=O) groups excluding carboxylic acids is 1. The predicted molar refractivity (Wildman–Crippen MR) is 102 cm³/mol. The fourth-order valence-electron chi connectivity index (χ4n) is 2.93. The Kier molecular flexibility index (Phi) is 5.65. The average Bonchev–Trinajstić information content (AvgIpc) is 3.17. The molecule has 1 aromatic carbocycles. The Morgan fingerprint density at radius 2 is 1.89 bits per heavy atom. The van der Waals surface area contributed by atoms with Gasteiger partial charge in [0.05, 0.1) is 17.9 Å². The van der Waals surface area contributed by atoms with Gasteiger partial charge in [-0.05, 0) is 51.5 Å². The van der Waals surface area contributed by atoms with Crippen molar-refractivity contribution in [2.45, 2.75) is 40.7 Å². The summed E-state index contributed by atoms with van der Waals surface area (Å²) in [5.74, 6) is 1.62. The molecular formula is C20H22ClN3O3. The van der Waals surface area contributed by atoms with E-state index >= 15 is 0 Å². The van der Waals surface area contributed by atoms with E-state index in [1.54, 1.807) is 12.1 Å². The third-order valence-electron chi connectivity index (χ3n) is 4.50. The van der Waals surface area contributed by atoms with Crippen molar-refractivity contribution < 1.29 is 13.7 Å². The van der Waals surface area contributed by atoms with Crippen molar-refractivity contribution in [1.82, 2.24) is 15.5 Å². The van der Waals surface area contributed by atoms with Crippen molar-refractivity contribution in [3.05, 3.63) is 57.9 Å². The highest BCUT2D eigenvalue weighted by Gasteiger charge is 2.19. The van der Waals surface area contributed by atoms with Crippen LogP contribution in [0.4, 0.5) is 0 Å². The van der Waals surface area contributed by atoms with Gasteiger partial charge in [-0.15, -0.1) is 0 Å². The maximum Gasteiger partial charge on any atom is 0.223 e. The molecule has 7 heteroatoms. The molecule has 27 heavy (non-hydrogen) atoms. The van der Waals surface area contributed by atoms with Gasteiger partial charge in [0.2, 0.25) is 11.8 Å². The monoisotopic (exact) mass is 387 g/mol. The maximum atomic E-state index is 12.4. The molecule has 2 aromatic heterocycles. The topological polar surface area (TPSA) is 81.2 Å². The van der Waals surface area contributed by atoms with Crippen LogP contribution in [-0.4, -0.2) is 16.0 Å². The molecule has 0 spiro atoms. The number of hydrogen-bond donors (Lipinski definition) is 1. The van der Waals surface area contributed by atoms with Gasteiger partial charge in [-0.2, -0.15) is 0 Å². The zero-order valence-corrected chi connectivity index (χ0v) is 16.6. The summed E-state index contributed by atoms with van der Waals surface area (Å²) in [6.45, 7) is 7.72. The fourth-order valence-corrected chi connectivity index (χ4v) is 3.05. The standard InChI is InChI=1S/C20H22ClN3O3/c1-11(9-17-12(2)24-27-14(17)4)20(25)22-10-18-23-13(3)19(26-18)15-5-7-16(21)8-6-15/h5-8,11H,9-10H2,1-4H3,(H,22,25). The number of oxazole rings is 1. The van der Waals surface area contributed by atoms with Crippen molar-refractivity contribution in [1.29, 1.82) is 0 Å². The smallest absolute Gasteiger partial charge is 0.223 e. The minimum Gasteiger partial charge on any atom is -0.438 e. The van der Waals surface area contributed by atoms with Gasteiger partial charge in [0.1, 0.15) is 5.76 Å². The van der Waals surface area contributed by atoms with Crippen molar-refractivity contribution in [2.24, 2.45) is 5.92 Å². The molecule has 0 saturated heterocycles. The lowest BCUT2D eigenvalue weighted by atomic mass is 9.99. The van der Waals surface area contributed by atoms with Gasteiger partial charge in [-0.1, -0.05) is 23.7 Å². The van der Waals surface area contributed by atoms with E-state index in [-0.39, 0.29) is 18.4 Å². The van der Waals surface area contributed by atoms with E-state index in [9.17, 15) is 4.79 Å². The Labute approximate surface area is 162 Å². The highest BCUT2D eigenvalue weighted by Crippen LogP contribution is 2.26. The van der Waals surface area contributed by atoms with Gasteiger partial charge in [-0.25, -0.2) is 4.98 Å². The highest BCUT2D eigenvalue weighted by molar-refractivity contribution is 6.30. The van der Waals surface area contributed by atoms with Gasteiger partial charge in [0.25, 0.3) is 0 Å². The summed E-state index contributed by atoms with van der Waals surface area (Å²) in [6.07, 6.45) is 0.577. The van der Waals surface area contributed by atoms with Gasteiger partial charge in [0.15, 0.2) is 5.76 Å². The second kappa shape index (κ2) is 7.96. The molecule has 0 bridgehead atoms. The molecule has 0 aliphatic heterocycles. The lowest BCUT2D eigenvalue weighted by Crippen LogP contribution is -2.30. The SMILES string of the molecule is Cc1nc(CNC(=O)C(C)Cc2c(C)noc2C)oc1-c1ccc(Cl)cc1. The van der Waals surface area contributed by atoms with Crippen LogP contribution < -0.4 is 5.32 Å². The first kappa shape index (κ1) is 19.2. The summed E-state index contributed by atoms with van der Waals surface area (Å²) in [4.78, 5) is 16.8. The zero-order valence-electron chi connectivity index (χ0n) is 15.8. The molecular weight excluding hydrogens is 366 g/mol. The third-order valence-corrected chi connectivity index (χ3v) is 4.75. The molecule has 2 heterocycles. The minimum atomic E-state index is -0.214. The molecule has 0 aliphatic carbocycles. The van der Waals surface area contributed by atoms with E-state index < -0.39 is 0 Å². The Balaban J connectivity index is 1.62. The summed E-state index contributed by atoms with van der Waals surface area (Å²) >= 11 is 5.92. The van der Waals surface area contributed by atoms with Crippen LogP contribution in [0.15, 0.2) is 33.2 Å². The van der Waals surface area contributed by atoms with E-state index in [4.69, 9.17) is 20.5 Å². The summed E-state index contributed by atoms with van der Waals surface area (Å²) in [5, 5.41) is 7.48. The van der Waals surface area contributed by atoms with E-state index in [2.05, 4.69) is 15.5 Å². The molecule has 1 atom stereocenters. The minimum absolute atomic E-state index is 0.0705. The predicted octanol–water partition coefficient (Wildman–Crippen LogP) is 4.40. The lowest BCUT2D eigenvalue weighted by Gasteiger charge is -2.10. The molecule has 6 nitrogen and oxygen atoms in total. The highest BCUT2D eigenvalue weighted by atomic mass is 35.5. The summed E-state index contributed by atoms with van der Waals surface area (Å²) in [6, 6.07) is 7.36. The summed E-state index contributed by atoms with van der Waals surface area (Å²) in [5.41, 5.74) is 3.47. The van der Waals surface area contributed by atoms with Crippen molar-refractivity contribution in [3.8, 4) is 11.3 Å². The van der Waals surface area contributed by atoms with Crippen LogP contribution >= 0.6 is 11.6 Å². The van der Waals surface area contributed by atoms with E-state index in [0.29, 0.717) is 23.1 Å². The average molecular weight is 388 g/mol. The molecule has 0 radical (unpaired) electrons. The van der Waals surface area contributed by atoms with Crippen LogP contribution in [0.2, 0.25) is 5.02 Å². The van der Waals surface area contributed by atoms with E-state index in [1.807, 2.05) is 39.8 Å². The van der Waals surface area contributed by atoms with Gasteiger partial charge in [-0.3, -0.25) is 4.79 Å². The van der Waals surface area contributed by atoms with Crippen molar-refractivity contribution in [2.75, 3.05) is 0 Å². The van der Waals surface area contributed by atoms with Gasteiger partial charge in [0, 0.05) is 22.1 Å². The number of halogens is 1. The third kappa shape index (κ3) is 4.39. The van der Waals surface area contributed by atoms with Crippen LogP contribution in [0.5, 0.6) is 0 Å². The molecule has 3 rings (SSSR count). The number of aryl methyl sites for hydroxylation is 3. The molecule has 142 valence electrons. The molecule has 1 amide bonds. The lowest BCUT2D eigenvalue weighted by molar-refractivity contribution is -0.124. The molecule has 3 aromatic rings. The van der Waals surface area contributed by atoms with Crippen LogP contribution in [0, 0.1) is 26.7 Å². The number of aromatic nitrogens is 2. The number of hydrogen-bond acceptors (Lipinski definition) is 5. The van der Waals surface area contributed by atoms with Gasteiger partial charge < -0.3 is 14.3 Å². The number of nitrogens with zero attached hydrogens (tertiary/aromatic N) is 2. The van der Waals surface area contributed by atoms with Crippen LogP contribution in [0.25, 0.3) is 11.3 Å². The van der Waals surface area contributed by atoms with Crippen LogP contribution in [0.1, 0.15) is 35.5 Å². The first-order valence-electron chi connectivity index (χ1n) is 8.77. The molecule has 0 fully saturated rings. The number of carbonyl (C=O) groups is 1. The quantitative estimate of drug-likeness (QED) is 0.677. The molecule has 0 aliphatic rings. The van der Waals surface area contributed by atoms with Crippen LogP contribution in [-0.2, 0) is 17.8 Å². The number of amides is 1. The Bertz CT molecular complexity index is 925. The first-order valence-corrected chi connectivity index (χ1v) is 9.14. The molecule has 1 N–H and O–H groups in total. The zero-order chi connectivity index (χ0) is 19.6. The van der Waals surface area contributed by atoms with Gasteiger partial charge >= 0.3 is 0 Å². The Morgan fingerprint density at radius 3 is 2.52 bits per heavy atom. The maximum absolute atomic E-state index is 12.4. The van der Waals surface area contributed by atoms with E-state index in [0.717, 1.165) is 28.3 Å².